The van der Waals surface area contributed by atoms with Crippen LogP contribution < -0.4 is 10.1 Å². The lowest BCUT2D eigenvalue weighted by Crippen LogP contribution is -2.29. The minimum atomic E-state index is 0.316. The van der Waals surface area contributed by atoms with Gasteiger partial charge in [0.2, 0.25) is 0 Å². The zero-order chi connectivity index (χ0) is 12.3. The van der Waals surface area contributed by atoms with Gasteiger partial charge in [-0.3, -0.25) is 0 Å². The average Bonchev–Trinajstić information content (AvgIpc) is 2.74. The molecule has 94 valence electrons. The molecule has 1 N–H and O–H groups in total. The molecule has 4 heteroatoms. The second-order valence-corrected chi connectivity index (χ2v) is 4.83. The van der Waals surface area contributed by atoms with Crippen LogP contribution >= 0.6 is 11.6 Å². The van der Waals surface area contributed by atoms with Gasteiger partial charge in [0.15, 0.2) is 0 Å². The number of hydrogen-bond acceptors (Lipinski definition) is 3. The molecule has 0 aromatic heterocycles. The van der Waals surface area contributed by atoms with Gasteiger partial charge in [0, 0.05) is 36.7 Å². The van der Waals surface area contributed by atoms with Crippen LogP contribution in [-0.2, 0) is 17.7 Å². The van der Waals surface area contributed by atoms with Crippen LogP contribution in [-0.4, -0.2) is 26.4 Å². The third kappa shape index (κ3) is 3.12. The fourth-order valence-electron chi connectivity index (χ4n) is 2.07. The van der Waals surface area contributed by atoms with Gasteiger partial charge in [-0.05, 0) is 24.6 Å². The normalized spacial score (nSPS) is 15.5. The molecule has 0 aliphatic carbocycles. The molecule has 1 aromatic rings. The highest BCUT2D eigenvalue weighted by molar-refractivity contribution is 6.30. The first kappa shape index (κ1) is 12.7. The van der Waals surface area contributed by atoms with Gasteiger partial charge in [-0.1, -0.05) is 11.6 Å². The van der Waals surface area contributed by atoms with Crippen molar-refractivity contribution in [3.8, 4) is 5.75 Å². The number of rotatable bonds is 5. The second-order valence-electron chi connectivity index (χ2n) is 4.39. The van der Waals surface area contributed by atoms with Crippen molar-refractivity contribution in [2.45, 2.75) is 25.9 Å². The fraction of sp³-hybridized carbons (Fsp3) is 0.538. The number of hydrogen-bond donors (Lipinski definition) is 1. The Morgan fingerprint density at radius 3 is 3.12 bits per heavy atom. The van der Waals surface area contributed by atoms with Crippen molar-refractivity contribution >= 4 is 11.6 Å². The molecule has 0 amide bonds. The van der Waals surface area contributed by atoms with E-state index in [-0.39, 0.29) is 0 Å². The standard InChI is InChI=1S/C13H18ClNO2/c1-9(8-16-2)15-7-11-6-12(14)5-10-3-4-17-13(10)11/h5-6,9,15H,3-4,7-8H2,1-2H3/t9-/m0/s1. The largest absolute Gasteiger partial charge is 0.493 e. The summed E-state index contributed by atoms with van der Waals surface area (Å²) in [5, 5.41) is 4.18. The number of ether oxygens (including phenoxy) is 2. The van der Waals surface area contributed by atoms with Crippen LogP contribution in [0.3, 0.4) is 0 Å². The topological polar surface area (TPSA) is 30.5 Å². The number of benzene rings is 1. The summed E-state index contributed by atoms with van der Waals surface area (Å²) in [5.41, 5.74) is 2.35. The molecule has 3 nitrogen and oxygen atoms in total. The van der Waals surface area contributed by atoms with Gasteiger partial charge in [-0.25, -0.2) is 0 Å². The minimum absolute atomic E-state index is 0.316. The average molecular weight is 256 g/mol. The maximum Gasteiger partial charge on any atom is 0.127 e. The maximum atomic E-state index is 6.10. The van der Waals surface area contributed by atoms with Crippen molar-refractivity contribution in [3.63, 3.8) is 0 Å². The van der Waals surface area contributed by atoms with Gasteiger partial charge in [0.25, 0.3) is 0 Å². The summed E-state index contributed by atoms with van der Waals surface area (Å²) >= 11 is 6.10. The molecule has 0 bridgehead atoms. The summed E-state index contributed by atoms with van der Waals surface area (Å²) in [7, 11) is 1.71. The molecule has 0 fully saturated rings. The predicted molar refractivity (Wildman–Crippen MR) is 68.8 cm³/mol. The summed E-state index contributed by atoms with van der Waals surface area (Å²) in [6.07, 6.45) is 0.955. The zero-order valence-corrected chi connectivity index (χ0v) is 11.0. The Morgan fingerprint density at radius 2 is 2.35 bits per heavy atom. The summed E-state index contributed by atoms with van der Waals surface area (Å²) in [6.45, 7) is 4.31. The molecular formula is C13H18ClNO2. The highest BCUT2D eigenvalue weighted by Gasteiger charge is 2.17. The number of fused-ring (bicyclic) bond motifs is 1. The molecule has 1 atom stereocenters. The Bertz CT molecular complexity index is 395. The molecule has 0 saturated carbocycles. The van der Waals surface area contributed by atoms with Gasteiger partial charge in [0.05, 0.1) is 13.2 Å². The van der Waals surface area contributed by atoms with E-state index in [2.05, 4.69) is 12.2 Å². The quantitative estimate of drug-likeness (QED) is 0.877. The molecular weight excluding hydrogens is 238 g/mol. The maximum absolute atomic E-state index is 6.10. The van der Waals surface area contributed by atoms with E-state index in [9.17, 15) is 0 Å². The van der Waals surface area contributed by atoms with Crippen LogP contribution in [0.2, 0.25) is 5.02 Å². The van der Waals surface area contributed by atoms with E-state index in [0.717, 1.165) is 35.9 Å². The van der Waals surface area contributed by atoms with Crippen LogP contribution in [0.25, 0.3) is 0 Å². The third-order valence-corrected chi connectivity index (χ3v) is 3.10. The van der Waals surface area contributed by atoms with E-state index < -0.39 is 0 Å². The number of methoxy groups -OCH3 is 1. The second kappa shape index (κ2) is 5.71. The lowest BCUT2D eigenvalue weighted by molar-refractivity contribution is 0.171. The first-order valence-electron chi connectivity index (χ1n) is 5.87. The smallest absolute Gasteiger partial charge is 0.127 e. The Balaban J connectivity index is 2.05. The lowest BCUT2D eigenvalue weighted by Gasteiger charge is -2.14. The zero-order valence-electron chi connectivity index (χ0n) is 10.3. The van der Waals surface area contributed by atoms with Crippen LogP contribution in [0, 0.1) is 0 Å². The SMILES string of the molecule is COC[C@H](C)NCc1cc(Cl)cc2c1OCC2. The molecule has 2 rings (SSSR count). The molecule has 17 heavy (non-hydrogen) atoms. The number of nitrogens with one attached hydrogen (secondary N) is 1. The Kier molecular flexibility index (Phi) is 4.26. The Hall–Kier alpha value is -0.770. The fourth-order valence-corrected chi connectivity index (χ4v) is 2.33. The minimum Gasteiger partial charge on any atom is -0.493 e. The summed E-state index contributed by atoms with van der Waals surface area (Å²) in [6, 6.07) is 4.28. The van der Waals surface area contributed by atoms with Gasteiger partial charge in [-0.2, -0.15) is 0 Å². The molecule has 0 saturated heterocycles. The first-order valence-corrected chi connectivity index (χ1v) is 6.25. The van der Waals surface area contributed by atoms with Crippen molar-refractivity contribution < 1.29 is 9.47 Å². The summed E-state index contributed by atoms with van der Waals surface area (Å²) in [5.74, 6) is 1.01. The molecule has 1 aliphatic heterocycles. The van der Waals surface area contributed by atoms with Crippen molar-refractivity contribution in [2.75, 3.05) is 20.3 Å². The highest BCUT2D eigenvalue weighted by Crippen LogP contribution is 2.32. The Labute approximate surface area is 107 Å². The van der Waals surface area contributed by atoms with E-state index in [4.69, 9.17) is 21.1 Å². The van der Waals surface area contributed by atoms with Gasteiger partial charge in [0.1, 0.15) is 5.75 Å². The third-order valence-electron chi connectivity index (χ3n) is 2.88. The van der Waals surface area contributed by atoms with Gasteiger partial charge in [-0.15, -0.1) is 0 Å². The van der Waals surface area contributed by atoms with Crippen LogP contribution in [0.5, 0.6) is 5.75 Å². The van der Waals surface area contributed by atoms with Crippen molar-refractivity contribution in [1.82, 2.24) is 5.32 Å². The van der Waals surface area contributed by atoms with Crippen LogP contribution in [0.4, 0.5) is 0 Å². The molecule has 1 heterocycles. The molecule has 0 radical (unpaired) electrons. The van der Waals surface area contributed by atoms with E-state index in [0.29, 0.717) is 12.6 Å². The molecule has 1 aliphatic rings. The van der Waals surface area contributed by atoms with Gasteiger partial charge < -0.3 is 14.8 Å². The monoisotopic (exact) mass is 255 g/mol. The molecule has 0 unspecified atom stereocenters. The Morgan fingerprint density at radius 1 is 1.53 bits per heavy atom. The van der Waals surface area contributed by atoms with Crippen LogP contribution in [0.1, 0.15) is 18.1 Å². The predicted octanol–water partition coefficient (Wildman–Crippen LogP) is 2.40. The van der Waals surface area contributed by atoms with Crippen molar-refractivity contribution in [3.05, 3.63) is 28.3 Å². The molecule has 0 spiro atoms. The number of halogens is 1. The van der Waals surface area contributed by atoms with Gasteiger partial charge >= 0.3 is 0 Å². The van der Waals surface area contributed by atoms with E-state index in [1.165, 1.54) is 5.56 Å². The highest BCUT2D eigenvalue weighted by atomic mass is 35.5. The summed E-state index contributed by atoms with van der Waals surface area (Å²) < 4.78 is 10.7. The van der Waals surface area contributed by atoms with E-state index in [1.807, 2.05) is 12.1 Å². The van der Waals surface area contributed by atoms with Crippen molar-refractivity contribution in [1.29, 1.82) is 0 Å². The van der Waals surface area contributed by atoms with Crippen LogP contribution in [0.15, 0.2) is 12.1 Å². The summed E-state index contributed by atoms with van der Waals surface area (Å²) in [4.78, 5) is 0. The first-order chi connectivity index (χ1) is 8.20. The van der Waals surface area contributed by atoms with Crippen molar-refractivity contribution in [2.24, 2.45) is 0 Å². The molecule has 1 aromatic carbocycles. The lowest BCUT2D eigenvalue weighted by atomic mass is 10.1. The van der Waals surface area contributed by atoms with E-state index in [1.54, 1.807) is 7.11 Å². The van der Waals surface area contributed by atoms with E-state index >= 15 is 0 Å².